The van der Waals surface area contributed by atoms with Gasteiger partial charge in [0.15, 0.2) is 5.78 Å². The summed E-state index contributed by atoms with van der Waals surface area (Å²) in [6, 6.07) is 6.94. The molecule has 1 unspecified atom stereocenters. The number of carbonyl (C=O) groups is 3. The predicted molar refractivity (Wildman–Crippen MR) is 100 cm³/mol. The highest BCUT2D eigenvalue weighted by atomic mass is 35.5. The average Bonchev–Trinajstić information content (AvgIpc) is 2.64. The second kappa shape index (κ2) is 9.72. The number of likely N-dealkylation sites (tertiary alicyclic amines) is 1. The van der Waals surface area contributed by atoms with Gasteiger partial charge in [0.05, 0.1) is 0 Å². The number of ketones is 1. The Labute approximate surface area is 159 Å². The molecule has 5 nitrogen and oxygen atoms in total. The van der Waals surface area contributed by atoms with Crippen LogP contribution in [0.3, 0.4) is 0 Å². The number of Topliss-reactive ketones (excluding diaryl/α,β-unsaturated/α-hetero) is 1. The van der Waals surface area contributed by atoms with Crippen LogP contribution in [0.2, 0.25) is 5.02 Å². The summed E-state index contributed by atoms with van der Waals surface area (Å²) in [5.41, 5.74) is 0.673. The fraction of sp³-hybridized carbons (Fsp3) is 0.550. The molecule has 1 N–H and O–H groups in total. The molecule has 1 atom stereocenters. The van der Waals surface area contributed by atoms with Gasteiger partial charge in [0.25, 0.3) is 0 Å². The lowest BCUT2D eigenvalue weighted by Crippen LogP contribution is -2.40. The number of nitrogens with zero attached hydrogens (tertiary/aromatic N) is 1. The van der Waals surface area contributed by atoms with Gasteiger partial charge >= 0.3 is 5.97 Å². The molecule has 1 aromatic carbocycles. The van der Waals surface area contributed by atoms with E-state index in [1.807, 2.05) is 11.8 Å². The molecule has 0 saturated carbocycles. The highest BCUT2D eigenvalue weighted by Gasteiger charge is 2.27. The van der Waals surface area contributed by atoms with E-state index in [2.05, 4.69) is 0 Å². The van der Waals surface area contributed by atoms with Gasteiger partial charge in [0, 0.05) is 42.4 Å². The Balaban J connectivity index is 1.75. The molecule has 1 aliphatic rings. The monoisotopic (exact) mass is 379 g/mol. The van der Waals surface area contributed by atoms with Crippen molar-refractivity contribution in [2.75, 3.05) is 13.1 Å². The normalized spacial score (nSPS) is 16.3. The molecule has 1 fully saturated rings. The van der Waals surface area contributed by atoms with Crippen molar-refractivity contribution in [2.24, 2.45) is 11.8 Å². The van der Waals surface area contributed by atoms with Crippen LogP contribution in [0, 0.1) is 11.8 Å². The van der Waals surface area contributed by atoms with Crippen LogP contribution in [0.4, 0.5) is 0 Å². The molecular formula is C20H26ClNO4. The lowest BCUT2D eigenvalue weighted by Gasteiger charge is -2.31. The molecular weight excluding hydrogens is 354 g/mol. The van der Waals surface area contributed by atoms with E-state index in [-0.39, 0.29) is 29.9 Å². The van der Waals surface area contributed by atoms with E-state index in [1.54, 1.807) is 24.3 Å². The molecule has 0 aromatic heterocycles. The minimum atomic E-state index is -0.796. The van der Waals surface area contributed by atoms with E-state index in [1.165, 1.54) is 0 Å². The standard InChI is InChI=1S/C20H26ClNO4/c1-14(3-9-19(24)25)2-8-18(23)22-12-10-16(11-13-22)20(26)15-4-6-17(21)7-5-15/h4-7,14,16H,2-3,8-13H2,1H3,(H,24,25). The first-order chi connectivity index (χ1) is 12.4. The third kappa shape index (κ3) is 6.13. The minimum absolute atomic E-state index is 0.0466. The van der Waals surface area contributed by atoms with Crippen molar-refractivity contribution in [3.63, 3.8) is 0 Å². The number of benzene rings is 1. The van der Waals surface area contributed by atoms with Gasteiger partial charge in [-0.3, -0.25) is 14.4 Å². The van der Waals surface area contributed by atoms with Gasteiger partial charge in [-0.25, -0.2) is 0 Å². The number of piperidine rings is 1. The molecule has 0 spiro atoms. The molecule has 0 aliphatic carbocycles. The maximum absolute atomic E-state index is 12.5. The number of amides is 1. The van der Waals surface area contributed by atoms with Crippen LogP contribution >= 0.6 is 11.6 Å². The molecule has 2 rings (SSSR count). The first-order valence-corrected chi connectivity index (χ1v) is 9.54. The molecule has 26 heavy (non-hydrogen) atoms. The lowest BCUT2D eigenvalue weighted by molar-refractivity contribution is -0.137. The SMILES string of the molecule is CC(CCC(=O)O)CCC(=O)N1CCC(C(=O)c2ccc(Cl)cc2)CC1. The molecule has 0 radical (unpaired) electrons. The molecule has 142 valence electrons. The lowest BCUT2D eigenvalue weighted by atomic mass is 9.88. The summed E-state index contributed by atoms with van der Waals surface area (Å²) in [5.74, 6) is -0.398. The van der Waals surface area contributed by atoms with Crippen molar-refractivity contribution in [1.82, 2.24) is 4.90 Å². The van der Waals surface area contributed by atoms with Crippen LogP contribution < -0.4 is 0 Å². The smallest absolute Gasteiger partial charge is 0.303 e. The summed E-state index contributed by atoms with van der Waals surface area (Å²) in [6.45, 7) is 3.19. The molecule has 0 bridgehead atoms. The van der Waals surface area contributed by atoms with Crippen LogP contribution in [0.15, 0.2) is 24.3 Å². The van der Waals surface area contributed by atoms with Crippen LogP contribution in [0.5, 0.6) is 0 Å². The topological polar surface area (TPSA) is 74.7 Å². The van der Waals surface area contributed by atoms with E-state index in [0.717, 1.165) is 0 Å². The van der Waals surface area contributed by atoms with Crippen molar-refractivity contribution in [3.05, 3.63) is 34.9 Å². The second-order valence-electron chi connectivity index (χ2n) is 7.10. The summed E-state index contributed by atoms with van der Waals surface area (Å²) in [6.07, 6.45) is 3.25. The van der Waals surface area contributed by atoms with Crippen molar-refractivity contribution in [1.29, 1.82) is 0 Å². The van der Waals surface area contributed by atoms with Crippen LogP contribution in [-0.4, -0.2) is 40.8 Å². The van der Waals surface area contributed by atoms with E-state index in [4.69, 9.17) is 16.7 Å². The zero-order valence-electron chi connectivity index (χ0n) is 15.1. The Bertz CT molecular complexity index is 636. The first-order valence-electron chi connectivity index (χ1n) is 9.16. The summed E-state index contributed by atoms with van der Waals surface area (Å²) in [5, 5.41) is 9.31. The predicted octanol–water partition coefficient (Wildman–Crippen LogP) is 4.04. The van der Waals surface area contributed by atoms with E-state index in [0.29, 0.717) is 55.8 Å². The summed E-state index contributed by atoms with van der Waals surface area (Å²) in [4.78, 5) is 37.3. The molecule has 1 aromatic rings. The van der Waals surface area contributed by atoms with Crippen molar-refractivity contribution in [2.45, 2.75) is 45.4 Å². The van der Waals surface area contributed by atoms with E-state index >= 15 is 0 Å². The fourth-order valence-corrected chi connectivity index (χ4v) is 3.41. The van der Waals surface area contributed by atoms with Crippen molar-refractivity contribution < 1.29 is 19.5 Å². The highest BCUT2D eigenvalue weighted by molar-refractivity contribution is 6.30. The van der Waals surface area contributed by atoms with E-state index < -0.39 is 5.97 Å². The maximum Gasteiger partial charge on any atom is 0.303 e. The maximum atomic E-state index is 12.5. The number of hydrogen-bond donors (Lipinski definition) is 1. The van der Waals surface area contributed by atoms with Crippen molar-refractivity contribution >= 4 is 29.3 Å². The average molecular weight is 380 g/mol. The van der Waals surface area contributed by atoms with Crippen molar-refractivity contribution in [3.8, 4) is 0 Å². The van der Waals surface area contributed by atoms with Crippen LogP contribution in [-0.2, 0) is 9.59 Å². The molecule has 1 aliphatic heterocycles. The first kappa shape index (κ1) is 20.4. The quantitative estimate of drug-likeness (QED) is 0.691. The molecule has 1 heterocycles. The van der Waals surface area contributed by atoms with Gasteiger partial charge in [-0.1, -0.05) is 18.5 Å². The number of aliphatic carboxylic acids is 1. The fourth-order valence-electron chi connectivity index (χ4n) is 3.28. The number of halogens is 1. The number of carboxylic acid groups (broad SMARTS) is 1. The Morgan fingerprint density at radius 3 is 2.27 bits per heavy atom. The Morgan fingerprint density at radius 2 is 1.69 bits per heavy atom. The van der Waals surface area contributed by atoms with Crippen LogP contribution in [0.1, 0.15) is 55.8 Å². The molecule has 1 amide bonds. The van der Waals surface area contributed by atoms with Gasteiger partial charge < -0.3 is 10.0 Å². The number of rotatable bonds is 8. The summed E-state index contributed by atoms with van der Waals surface area (Å²) in [7, 11) is 0. The number of hydrogen-bond acceptors (Lipinski definition) is 3. The largest absolute Gasteiger partial charge is 0.481 e. The number of carboxylic acids is 1. The molecule has 1 saturated heterocycles. The third-order valence-corrected chi connectivity index (χ3v) is 5.30. The van der Waals surface area contributed by atoms with Crippen LogP contribution in [0.25, 0.3) is 0 Å². The Hall–Kier alpha value is -1.88. The Morgan fingerprint density at radius 1 is 1.12 bits per heavy atom. The summed E-state index contributed by atoms with van der Waals surface area (Å²) >= 11 is 5.86. The van der Waals surface area contributed by atoms with Gasteiger partial charge in [-0.15, -0.1) is 0 Å². The van der Waals surface area contributed by atoms with Gasteiger partial charge in [-0.05, 0) is 55.9 Å². The van der Waals surface area contributed by atoms with Gasteiger partial charge in [-0.2, -0.15) is 0 Å². The Kier molecular flexibility index (Phi) is 7.64. The van der Waals surface area contributed by atoms with Gasteiger partial charge in [0.2, 0.25) is 5.91 Å². The summed E-state index contributed by atoms with van der Waals surface area (Å²) < 4.78 is 0. The highest BCUT2D eigenvalue weighted by Crippen LogP contribution is 2.24. The third-order valence-electron chi connectivity index (χ3n) is 5.05. The van der Waals surface area contributed by atoms with Gasteiger partial charge in [0.1, 0.15) is 0 Å². The number of carbonyl (C=O) groups excluding carboxylic acids is 2. The van der Waals surface area contributed by atoms with E-state index in [9.17, 15) is 14.4 Å². The zero-order chi connectivity index (χ0) is 19.1. The second-order valence-corrected chi connectivity index (χ2v) is 7.54. The molecule has 6 heteroatoms. The zero-order valence-corrected chi connectivity index (χ0v) is 15.9. The minimum Gasteiger partial charge on any atom is -0.481 e.